The molecule has 0 aliphatic carbocycles. The highest BCUT2D eigenvalue weighted by Crippen LogP contribution is 2.34. The Labute approximate surface area is 113 Å². The van der Waals surface area contributed by atoms with Crippen LogP contribution in [0.4, 0.5) is 0 Å². The summed E-state index contributed by atoms with van der Waals surface area (Å²) in [4.78, 5) is 0. The zero-order chi connectivity index (χ0) is 12.8. The minimum absolute atomic E-state index is 0.191. The largest absolute Gasteiger partial charge is 0.385 e. The second-order valence-corrected chi connectivity index (χ2v) is 4.95. The Balaban J connectivity index is 2.89. The van der Waals surface area contributed by atoms with Crippen molar-refractivity contribution in [2.45, 2.75) is 19.4 Å². The summed E-state index contributed by atoms with van der Waals surface area (Å²) in [6.07, 6.45) is 0.977. The highest BCUT2D eigenvalue weighted by molar-refractivity contribution is 6.42. The minimum atomic E-state index is 0.191. The zero-order valence-electron chi connectivity index (χ0n) is 10.5. The van der Waals surface area contributed by atoms with Gasteiger partial charge in [-0.15, -0.1) is 0 Å². The molecule has 1 rings (SSSR count). The first-order valence-electron chi connectivity index (χ1n) is 5.72. The minimum Gasteiger partial charge on any atom is -0.385 e. The van der Waals surface area contributed by atoms with Crippen LogP contribution in [-0.4, -0.2) is 20.8 Å². The third kappa shape index (κ3) is 3.85. The Kier molecular flexibility index (Phi) is 6.28. The summed E-state index contributed by atoms with van der Waals surface area (Å²) in [5, 5.41) is 4.53. The van der Waals surface area contributed by atoms with Gasteiger partial charge in [0.15, 0.2) is 0 Å². The highest BCUT2D eigenvalue weighted by Gasteiger charge is 2.20. The number of benzene rings is 1. The Morgan fingerprint density at radius 2 is 2.06 bits per heavy atom. The maximum Gasteiger partial charge on any atom is 0.0640 e. The SMILES string of the molecule is CNC(c1cccc(Cl)c1Cl)C(C)CCOC. The lowest BCUT2D eigenvalue weighted by molar-refractivity contribution is 0.171. The third-order valence-corrected chi connectivity index (χ3v) is 3.81. The van der Waals surface area contributed by atoms with Crippen LogP contribution in [0.5, 0.6) is 0 Å². The van der Waals surface area contributed by atoms with Crippen molar-refractivity contribution in [3.8, 4) is 0 Å². The molecule has 0 amide bonds. The van der Waals surface area contributed by atoms with E-state index in [9.17, 15) is 0 Å². The van der Waals surface area contributed by atoms with Gasteiger partial charge in [-0.3, -0.25) is 0 Å². The molecular formula is C13H19Cl2NO. The molecule has 0 radical (unpaired) electrons. The van der Waals surface area contributed by atoms with E-state index in [2.05, 4.69) is 12.2 Å². The van der Waals surface area contributed by atoms with E-state index in [1.165, 1.54) is 0 Å². The van der Waals surface area contributed by atoms with Crippen molar-refractivity contribution in [1.82, 2.24) is 5.32 Å². The zero-order valence-corrected chi connectivity index (χ0v) is 12.0. The van der Waals surface area contributed by atoms with E-state index >= 15 is 0 Å². The topological polar surface area (TPSA) is 21.3 Å². The van der Waals surface area contributed by atoms with Crippen molar-refractivity contribution in [3.05, 3.63) is 33.8 Å². The lowest BCUT2D eigenvalue weighted by Crippen LogP contribution is -2.24. The van der Waals surface area contributed by atoms with E-state index in [0.29, 0.717) is 16.0 Å². The van der Waals surface area contributed by atoms with Crippen LogP contribution in [-0.2, 0) is 4.74 Å². The molecule has 2 unspecified atom stereocenters. The number of methoxy groups -OCH3 is 1. The monoisotopic (exact) mass is 275 g/mol. The average Bonchev–Trinajstić information content (AvgIpc) is 2.32. The van der Waals surface area contributed by atoms with Crippen molar-refractivity contribution in [2.24, 2.45) is 5.92 Å². The van der Waals surface area contributed by atoms with Gasteiger partial charge >= 0.3 is 0 Å². The molecule has 96 valence electrons. The van der Waals surface area contributed by atoms with Gasteiger partial charge in [-0.1, -0.05) is 42.3 Å². The second kappa shape index (κ2) is 7.22. The van der Waals surface area contributed by atoms with Gasteiger partial charge in [-0.2, -0.15) is 0 Å². The highest BCUT2D eigenvalue weighted by atomic mass is 35.5. The Bertz CT molecular complexity index is 357. The molecule has 0 aliphatic rings. The number of ether oxygens (including phenoxy) is 1. The maximum absolute atomic E-state index is 6.24. The average molecular weight is 276 g/mol. The molecule has 1 aromatic rings. The molecule has 0 heterocycles. The molecule has 2 nitrogen and oxygen atoms in total. The summed E-state index contributed by atoms with van der Waals surface area (Å²) < 4.78 is 5.11. The van der Waals surface area contributed by atoms with Crippen molar-refractivity contribution in [3.63, 3.8) is 0 Å². The first kappa shape index (κ1) is 14.8. The van der Waals surface area contributed by atoms with Crippen LogP contribution in [0.25, 0.3) is 0 Å². The Morgan fingerprint density at radius 3 is 2.65 bits per heavy atom. The quantitative estimate of drug-likeness (QED) is 0.850. The van der Waals surface area contributed by atoms with E-state index in [4.69, 9.17) is 27.9 Å². The molecule has 17 heavy (non-hydrogen) atoms. The molecule has 1 aromatic carbocycles. The van der Waals surface area contributed by atoms with Gasteiger partial charge in [-0.05, 0) is 31.0 Å². The van der Waals surface area contributed by atoms with Crippen molar-refractivity contribution >= 4 is 23.2 Å². The standard InChI is InChI=1S/C13H19Cl2NO/c1-9(7-8-17-3)13(16-2)10-5-4-6-11(14)12(10)15/h4-6,9,13,16H,7-8H2,1-3H3. The summed E-state index contributed by atoms with van der Waals surface area (Å²) in [6, 6.07) is 5.94. The first-order valence-corrected chi connectivity index (χ1v) is 6.47. The number of rotatable bonds is 6. The predicted octanol–water partition coefficient (Wildman–Crippen LogP) is 3.93. The molecule has 0 spiro atoms. The summed E-state index contributed by atoms with van der Waals surface area (Å²) >= 11 is 12.3. The molecule has 0 saturated heterocycles. The fraction of sp³-hybridized carbons (Fsp3) is 0.538. The molecule has 0 saturated carbocycles. The molecule has 0 aromatic heterocycles. The van der Waals surface area contributed by atoms with Gasteiger partial charge in [0.05, 0.1) is 10.0 Å². The second-order valence-electron chi connectivity index (χ2n) is 4.17. The Hall–Kier alpha value is -0.280. The van der Waals surface area contributed by atoms with Crippen molar-refractivity contribution in [1.29, 1.82) is 0 Å². The molecule has 0 bridgehead atoms. The first-order chi connectivity index (χ1) is 8.11. The summed E-state index contributed by atoms with van der Waals surface area (Å²) in [5.41, 5.74) is 1.05. The fourth-order valence-corrected chi connectivity index (χ4v) is 2.40. The number of nitrogens with one attached hydrogen (secondary N) is 1. The summed E-state index contributed by atoms with van der Waals surface area (Å²) in [5.74, 6) is 0.427. The van der Waals surface area contributed by atoms with Gasteiger partial charge in [-0.25, -0.2) is 0 Å². The summed E-state index contributed by atoms with van der Waals surface area (Å²) in [6.45, 7) is 2.93. The molecular weight excluding hydrogens is 257 g/mol. The van der Waals surface area contributed by atoms with Crippen LogP contribution in [0.3, 0.4) is 0 Å². The van der Waals surface area contributed by atoms with Crippen molar-refractivity contribution < 1.29 is 4.74 Å². The summed E-state index contributed by atoms with van der Waals surface area (Å²) in [7, 11) is 3.65. The van der Waals surface area contributed by atoms with Gasteiger partial charge in [0, 0.05) is 19.8 Å². The van der Waals surface area contributed by atoms with Crippen LogP contribution < -0.4 is 5.32 Å². The Morgan fingerprint density at radius 1 is 1.35 bits per heavy atom. The van der Waals surface area contributed by atoms with Gasteiger partial charge < -0.3 is 10.1 Å². The van der Waals surface area contributed by atoms with E-state index in [0.717, 1.165) is 18.6 Å². The van der Waals surface area contributed by atoms with Crippen LogP contribution in [0.2, 0.25) is 10.0 Å². The van der Waals surface area contributed by atoms with Crippen LogP contribution in [0.15, 0.2) is 18.2 Å². The molecule has 0 aliphatic heterocycles. The van der Waals surface area contributed by atoms with Crippen LogP contribution >= 0.6 is 23.2 Å². The normalized spacial score (nSPS) is 14.6. The molecule has 1 N–H and O–H groups in total. The molecule has 0 fully saturated rings. The van der Waals surface area contributed by atoms with Gasteiger partial charge in [0.25, 0.3) is 0 Å². The number of hydrogen-bond donors (Lipinski definition) is 1. The predicted molar refractivity (Wildman–Crippen MR) is 73.9 cm³/mol. The maximum atomic E-state index is 6.24. The smallest absolute Gasteiger partial charge is 0.0640 e. The molecule has 2 atom stereocenters. The van der Waals surface area contributed by atoms with Crippen LogP contribution in [0, 0.1) is 5.92 Å². The number of hydrogen-bond acceptors (Lipinski definition) is 2. The lowest BCUT2D eigenvalue weighted by atomic mass is 9.92. The lowest BCUT2D eigenvalue weighted by Gasteiger charge is -2.25. The van der Waals surface area contributed by atoms with Crippen molar-refractivity contribution in [2.75, 3.05) is 20.8 Å². The van der Waals surface area contributed by atoms with E-state index < -0.39 is 0 Å². The van der Waals surface area contributed by atoms with Crippen LogP contribution in [0.1, 0.15) is 24.9 Å². The number of halogens is 2. The van der Waals surface area contributed by atoms with E-state index in [1.54, 1.807) is 13.2 Å². The van der Waals surface area contributed by atoms with E-state index in [1.807, 2.05) is 19.2 Å². The van der Waals surface area contributed by atoms with Gasteiger partial charge in [0.2, 0.25) is 0 Å². The van der Waals surface area contributed by atoms with Gasteiger partial charge in [0.1, 0.15) is 0 Å². The third-order valence-electron chi connectivity index (χ3n) is 2.97. The molecule has 4 heteroatoms. The fourth-order valence-electron chi connectivity index (χ4n) is 1.98. The van der Waals surface area contributed by atoms with E-state index in [-0.39, 0.29) is 6.04 Å².